The third-order valence-corrected chi connectivity index (χ3v) is 8.81. The number of benzene rings is 1. The van der Waals surface area contributed by atoms with Crippen LogP contribution in [0.3, 0.4) is 0 Å². The number of alkyl halides is 1. The van der Waals surface area contributed by atoms with Crippen LogP contribution in [0.15, 0.2) is 42.2 Å². The molecule has 6 nitrogen and oxygen atoms in total. The molecule has 7 heteroatoms. The van der Waals surface area contributed by atoms with Gasteiger partial charge >= 0.3 is 0 Å². The Labute approximate surface area is 216 Å². The van der Waals surface area contributed by atoms with Crippen LogP contribution in [0.2, 0.25) is 0 Å². The Morgan fingerprint density at radius 3 is 2.70 bits per heavy atom. The normalized spacial score (nSPS) is 26.9. The third kappa shape index (κ3) is 3.90. The molecule has 37 heavy (non-hydrogen) atoms. The summed E-state index contributed by atoms with van der Waals surface area (Å²) >= 11 is 0. The van der Waals surface area contributed by atoms with Crippen molar-refractivity contribution in [3.63, 3.8) is 0 Å². The summed E-state index contributed by atoms with van der Waals surface area (Å²) in [5, 5.41) is 10.8. The van der Waals surface area contributed by atoms with Crippen molar-refractivity contribution in [1.29, 1.82) is 0 Å². The highest BCUT2D eigenvalue weighted by Crippen LogP contribution is 2.53. The van der Waals surface area contributed by atoms with Gasteiger partial charge in [0, 0.05) is 33.4 Å². The van der Waals surface area contributed by atoms with E-state index in [-0.39, 0.29) is 23.7 Å². The molecule has 0 spiro atoms. The molecule has 0 bridgehead atoms. The summed E-state index contributed by atoms with van der Waals surface area (Å²) in [7, 11) is 0. The summed E-state index contributed by atoms with van der Waals surface area (Å²) in [6.45, 7) is 3.43. The molecule has 192 valence electrons. The number of carbonyl (C=O) groups excluding carboxylic acids is 1. The topological polar surface area (TPSA) is 85.2 Å². The number of fused-ring (bicyclic) bond motifs is 4. The van der Waals surface area contributed by atoms with E-state index in [0.717, 1.165) is 67.0 Å². The smallest absolute Gasteiger partial charge is 0.220 e. The van der Waals surface area contributed by atoms with E-state index in [4.69, 9.17) is 14.7 Å². The fourth-order valence-electron chi connectivity index (χ4n) is 6.90. The number of aromatic nitrogens is 3. The van der Waals surface area contributed by atoms with Gasteiger partial charge in [0.05, 0.1) is 23.2 Å². The van der Waals surface area contributed by atoms with Crippen molar-refractivity contribution >= 4 is 16.7 Å². The number of Topliss-reactive ketones (excluding diaryl/α,β-unsaturated/α-hetero) is 1. The molecule has 1 N–H and O–H groups in total. The maximum atomic E-state index is 13.8. The Hall–Kier alpha value is -3.35. The van der Waals surface area contributed by atoms with Gasteiger partial charge in [0.2, 0.25) is 5.88 Å². The van der Waals surface area contributed by atoms with E-state index in [1.807, 2.05) is 31.2 Å². The molecule has 0 amide bonds. The number of aliphatic hydroxyl groups excluding tert-OH is 1. The number of carbonyl (C=O) groups is 1. The number of ketones is 1. The lowest BCUT2D eigenvalue weighted by molar-refractivity contribution is -0.124. The third-order valence-electron chi connectivity index (χ3n) is 8.81. The van der Waals surface area contributed by atoms with Crippen LogP contribution in [0.1, 0.15) is 69.3 Å². The molecule has 3 aromatic rings. The fourth-order valence-corrected chi connectivity index (χ4v) is 6.90. The highest BCUT2D eigenvalue weighted by Gasteiger charge is 2.52. The Balaban J connectivity index is 1.58. The van der Waals surface area contributed by atoms with Crippen molar-refractivity contribution in [3.05, 3.63) is 59.1 Å². The number of rotatable bonds is 4. The number of aliphatic hydroxyl groups is 1. The number of hydrogen-bond donors (Lipinski definition) is 1. The predicted molar refractivity (Wildman–Crippen MR) is 139 cm³/mol. The molecular weight excluding hydrogens is 469 g/mol. The van der Waals surface area contributed by atoms with Gasteiger partial charge in [0.15, 0.2) is 11.6 Å². The van der Waals surface area contributed by atoms with Gasteiger partial charge in [-0.1, -0.05) is 32.0 Å². The summed E-state index contributed by atoms with van der Waals surface area (Å²) in [6, 6.07) is 9.38. The van der Waals surface area contributed by atoms with Gasteiger partial charge in [-0.25, -0.2) is 14.4 Å². The molecule has 0 unspecified atom stereocenters. The van der Waals surface area contributed by atoms with Crippen LogP contribution < -0.4 is 4.74 Å². The van der Waals surface area contributed by atoms with E-state index >= 15 is 0 Å². The molecule has 2 aromatic heterocycles. The Kier molecular flexibility index (Phi) is 5.97. The van der Waals surface area contributed by atoms with Gasteiger partial charge in [0.1, 0.15) is 12.8 Å². The molecule has 3 aliphatic rings. The van der Waals surface area contributed by atoms with Crippen molar-refractivity contribution in [3.8, 4) is 17.3 Å². The summed E-state index contributed by atoms with van der Waals surface area (Å²) < 4.78 is 20.4. The highest BCUT2D eigenvalue weighted by molar-refractivity contribution is 5.98. The van der Waals surface area contributed by atoms with Gasteiger partial charge in [0.25, 0.3) is 0 Å². The average molecular weight is 502 g/mol. The minimum Gasteiger partial charge on any atom is -0.515 e. The van der Waals surface area contributed by atoms with Crippen molar-refractivity contribution in [2.24, 2.45) is 11.8 Å². The molecule has 3 aliphatic carbocycles. The summed E-state index contributed by atoms with van der Waals surface area (Å²) in [5.74, 6) is 0.976. The van der Waals surface area contributed by atoms with Crippen LogP contribution in [0.5, 0.6) is 5.88 Å². The molecule has 1 aromatic carbocycles. The fraction of sp³-hybridized carbons (Fsp3) is 0.467. The Morgan fingerprint density at radius 1 is 1.16 bits per heavy atom. The quantitative estimate of drug-likeness (QED) is 0.331. The van der Waals surface area contributed by atoms with Crippen LogP contribution in [-0.2, 0) is 23.3 Å². The maximum Gasteiger partial charge on any atom is 0.220 e. The Morgan fingerprint density at radius 2 is 1.95 bits per heavy atom. The van der Waals surface area contributed by atoms with Gasteiger partial charge < -0.3 is 9.84 Å². The summed E-state index contributed by atoms with van der Waals surface area (Å²) in [5.41, 5.74) is 3.60. The van der Waals surface area contributed by atoms with Gasteiger partial charge in [-0.05, 0) is 63.0 Å². The Bertz CT molecular complexity index is 1410. The van der Waals surface area contributed by atoms with Gasteiger partial charge in [-0.15, -0.1) is 0 Å². The number of pyridine rings is 1. The first-order valence-corrected chi connectivity index (χ1v) is 13.3. The molecule has 2 saturated carbocycles. The number of nitrogens with zero attached hydrogens (tertiary/aromatic N) is 3. The van der Waals surface area contributed by atoms with Gasteiger partial charge in [-0.3, -0.25) is 4.79 Å². The number of ether oxygens (including phenoxy) is 1. The minimum absolute atomic E-state index is 0.0119. The maximum absolute atomic E-state index is 13.8. The SMILES string of the molecule is C[C@H]1C(=O)/C(=C\O)C[C@@]2(C)c3nc(-c4cc(CF)nc5ccccc45)nc(OC4CCCC4)c3CC[C@H]12. The lowest BCUT2D eigenvalue weighted by Gasteiger charge is -2.48. The molecule has 2 fully saturated rings. The summed E-state index contributed by atoms with van der Waals surface area (Å²) in [4.78, 5) is 27.5. The van der Waals surface area contributed by atoms with E-state index in [9.17, 15) is 14.3 Å². The minimum atomic E-state index is -0.682. The number of hydrogen-bond acceptors (Lipinski definition) is 6. The van der Waals surface area contributed by atoms with Crippen LogP contribution in [-0.4, -0.2) is 31.9 Å². The lowest BCUT2D eigenvalue weighted by Crippen LogP contribution is -2.48. The van der Waals surface area contributed by atoms with Crippen molar-refractivity contribution in [2.75, 3.05) is 0 Å². The zero-order valence-corrected chi connectivity index (χ0v) is 21.3. The van der Waals surface area contributed by atoms with E-state index < -0.39 is 12.1 Å². The average Bonchev–Trinajstić information content (AvgIpc) is 3.43. The lowest BCUT2D eigenvalue weighted by atomic mass is 9.55. The van der Waals surface area contributed by atoms with E-state index in [1.165, 1.54) is 0 Å². The second-order valence-corrected chi connectivity index (χ2v) is 11.1. The molecule has 0 saturated heterocycles. The molecule has 6 rings (SSSR count). The van der Waals surface area contributed by atoms with Gasteiger partial charge in [-0.2, -0.15) is 4.98 Å². The van der Waals surface area contributed by atoms with Crippen LogP contribution in [0, 0.1) is 11.8 Å². The molecule has 0 radical (unpaired) electrons. The second-order valence-electron chi connectivity index (χ2n) is 11.1. The molecule has 0 aliphatic heterocycles. The monoisotopic (exact) mass is 501 g/mol. The van der Waals surface area contributed by atoms with E-state index in [2.05, 4.69) is 11.9 Å². The second kappa shape index (κ2) is 9.19. The van der Waals surface area contributed by atoms with E-state index in [0.29, 0.717) is 34.9 Å². The predicted octanol–water partition coefficient (Wildman–Crippen LogP) is 6.35. The van der Waals surface area contributed by atoms with Crippen LogP contribution >= 0.6 is 0 Å². The largest absolute Gasteiger partial charge is 0.515 e. The zero-order chi connectivity index (χ0) is 25.7. The van der Waals surface area contributed by atoms with Crippen LogP contribution in [0.25, 0.3) is 22.3 Å². The first-order valence-electron chi connectivity index (χ1n) is 13.3. The first-order chi connectivity index (χ1) is 17.9. The molecule has 2 heterocycles. The number of allylic oxidation sites excluding steroid dienone is 1. The molecule has 3 atom stereocenters. The van der Waals surface area contributed by atoms with E-state index in [1.54, 1.807) is 6.07 Å². The van der Waals surface area contributed by atoms with Crippen molar-refractivity contribution in [1.82, 2.24) is 15.0 Å². The van der Waals surface area contributed by atoms with Crippen molar-refractivity contribution < 1.29 is 19.0 Å². The molecular formula is C30H32FN3O3. The zero-order valence-electron chi connectivity index (χ0n) is 21.3. The standard InChI is InChI=1S/C30H32FN3O3/c1-17-24-12-11-22-27(30(24,2)14-18(16-35)26(17)36)33-28(34-29(22)37-20-7-3-4-8-20)23-13-19(15-31)32-25-10-6-5-9-21(23)25/h5-6,9-10,13,16-17,20,24,35H,3-4,7-8,11-12,14-15H2,1-2H3/b18-16-/t17-,24-,30-/m1/s1. The summed E-state index contributed by atoms with van der Waals surface area (Å²) in [6.07, 6.45) is 7.36. The number of para-hydroxylation sites is 1. The first kappa shape index (κ1) is 24.0. The van der Waals surface area contributed by atoms with Crippen LogP contribution in [0.4, 0.5) is 4.39 Å². The highest BCUT2D eigenvalue weighted by atomic mass is 19.1. The number of halogens is 1. The van der Waals surface area contributed by atoms with Crippen molar-refractivity contribution in [2.45, 2.75) is 77.0 Å².